The molecule has 0 aliphatic heterocycles. The van der Waals surface area contributed by atoms with Gasteiger partial charge in [-0.1, -0.05) is 19.4 Å². The summed E-state index contributed by atoms with van der Waals surface area (Å²) in [4.78, 5) is 0. The highest BCUT2D eigenvalue weighted by atomic mass is 19.1. The fourth-order valence-corrected chi connectivity index (χ4v) is 1.48. The van der Waals surface area contributed by atoms with Gasteiger partial charge in [0.05, 0.1) is 0 Å². The van der Waals surface area contributed by atoms with Crippen LogP contribution >= 0.6 is 0 Å². The van der Waals surface area contributed by atoms with Crippen molar-refractivity contribution >= 4 is 0 Å². The summed E-state index contributed by atoms with van der Waals surface area (Å²) in [6.07, 6.45) is 1.93. The van der Waals surface area contributed by atoms with Crippen molar-refractivity contribution in [1.82, 2.24) is 0 Å². The van der Waals surface area contributed by atoms with Crippen molar-refractivity contribution in [1.29, 1.82) is 0 Å². The Morgan fingerprint density at radius 1 is 1.46 bits per heavy atom. The van der Waals surface area contributed by atoms with Crippen molar-refractivity contribution in [2.24, 2.45) is 5.73 Å². The summed E-state index contributed by atoms with van der Waals surface area (Å²) in [5, 5.41) is 0. The van der Waals surface area contributed by atoms with Crippen LogP contribution in [0.4, 0.5) is 4.39 Å². The van der Waals surface area contributed by atoms with Crippen molar-refractivity contribution in [3.63, 3.8) is 0 Å². The topological polar surface area (TPSA) is 26.0 Å². The lowest BCUT2D eigenvalue weighted by molar-refractivity contribution is 0.603. The highest BCUT2D eigenvalue weighted by molar-refractivity contribution is 5.29. The van der Waals surface area contributed by atoms with E-state index in [1.807, 2.05) is 6.92 Å². The zero-order valence-electron chi connectivity index (χ0n) is 8.18. The molecule has 0 aliphatic carbocycles. The fraction of sp³-hybridized carbons (Fsp3) is 0.455. The minimum Gasteiger partial charge on any atom is -0.324 e. The van der Waals surface area contributed by atoms with Crippen LogP contribution in [0.5, 0.6) is 0 Å². The molecule has 0 bridgehead atoms. The molecule has 1 aromatic rings. The Labute approximate surface area is 78.8 Å². The fourth-order valence-electron chi connectivity index (χ4n) is 1.48. The van der Waals surface area contributed by atoms with Crippen molar-refractivity contribution in [2.75, 3.05) is 0 Å². The maximum Gasteiger partial charge on any atom is 0.123 e. The lowest BCUT2D eigenvalue weighted by Crippen LogP contribution is -2.11. The van der Waals surface area contributed by atoms with Gasteiger partial charge in [0.15, 0.2) is 0 Å². The zero-order valence-corrected chi connectivity index (χ0v) is 8.18. The summed E-state index contributed by atoms with van der Waals surface area (Å²) in [7, 11) is 0. The number of aryl methyl sites for hydroxylation is 1. The number of benzene rings is 1. The molecular formula is C11H16FN. The summed E-state index contributed by atoms with van der Waals surface area (Å²) in [5.74, 6) is -0.202. The monoisotopic (exact) mass is 181 g/mol. The summed E-state index contributed by atoms with van der Waals surface area (Å²) in [6.45, 7) is 4.04. The van der Waals surface area contributed by atoms with E-state index in [-0.39, 0.29) is 11.9 Å². The highest BCUT2D eigenvalue weighted by Crippen LogP contribution is 2.20. The number of nitrogens with two attached hydrogens (primary N) is 1. The maximum atomic E-state index is 12.9. The van der Waals surface area contributed by atoms with Gasteiger partial charge in [-0.2, -0.15) is 0 Å². The van der Waals surface area contributed by atoms with Crippen LogP contribution in [0, 0.1) is 12.7 Å². The van der Waals surface area contributed by atoms with Crippen molar-refractivity contribution in [3.05, 3.63) is 35.1 Å². The van der Waals surface area contributed by atoms with E-state index in [1.54, 1.807) is 6.07 Å². The van der Waals surface area contributed by atoms with Gasteiger partial charge in [0.1, 0.15) is 5.82 Å². The van der Waals surface area contributed by atoms with E-state index in [0.29, 0.717) is 0 Å². The first kappa shape index (κ1) is 10.2. The molecule has 1 atom stereocenters. The van der Waals surface area contributed by atoms with Gasteiger partial charge in [-0.05, 0) is 36.6 Å². The quantitative estimate of drug-likeness (QED) is 0.762. The molecule has 72 valence electrons. The van der Waals surface area contributed by atoms with Gasteiger partial charge in [0.25, 0.3) is 0 Å². The zero-order chi connectivity index (χ0) is 9.84. The predicted octanol–water partition coefficient (Wildman–Crippen LogP) is 2.93. The first-order valence-electron chi connectivity index (χ1n) is 4.66. The SMILES string of the molecule is CCC[C@@H](N)c1cc(F)ccc1C. The molecular weight excluding hydrogens is 165 g/mol. The summed E-state index contributed by atoms with van der Waals surface area (Å²) >= 11 is 0. The standard InChI is InChI=1S/C11H16FN/c1-3-4-11(13)10-7-9(12)6-5-8(10)2/h5-7,11H,3-4,13H2,1-2H3/t11-/m1/s1. The minimum atomic E-state index is -0.202. The first-order chi connectivity index (χ1) is 6.15. The Morgan fingerprint density at radius 2 is 2.15 bits per heavy atom. The van der Waals surface area contributed by atoms with Gasteiger partial charge in [-0.15, -0.1) is 0 Å². The Bertz CT molecular complexity index is 283. The molecule has 1 nitrogen and oxygen atoms in total. The molecule has 2 heteroatoms. The summed E-state index contributed by atoms with van der Waals surface area (Å²) in [5.41, 5.74) is 7.91. The maximum absolute atomic E-state index is 12.9. The van der Waals surface area contributed by atoms with Crippen molar-refractivity contribution in [2.45, 2.75) is 32.7 Å². The third-order valence-corrected chi connectivity index (χ3v) is 2.24. The van der Waals surface area contributed by atoms with Crippen molar-refractivity contribution < 1.29 is 4.39 Å². The van der Waals surface area contributed by atoms with Crippen LogP contribution in [-0.4, -0.2) is 0 Å². The molecule has 13 heavy (non-hydrogen) atoms. The third kappa shape index (κ3) is 2.52. The molecule has 0 heterocycles. The Balaban J connectivity index is 2.91. The van der Waals surface area contributed by atoms with Gasteiger partial charge in [-0.3, -0.25) is 0 Å². The number of hydrogen-bond acceptors (Lipinski definition) is 1. The molecule has 0 fully saturated rings. The van der Waals surface area contributed by atoms with E-state index in [9.17, 15) is 4.39 Å². The lowest BCUT2D eigenvalue weighted by Gasteiger charge is -2.13. The van der Waals surface area contributed by atoms with E-state index in [2.05, 4.69) is 6.92 Å². The Hall–Kier alpha value is -0.890. The molecule has 0 radical (unpaired) electrons. The van der Waals surface area contributed by atoms with E-state index < -0.39 is 0 Å². The van der Waals surface area contributed by atoms with Gasteiger partial charge in [0, 0.05) is 6.04 Å². The average Bonchev–Trinajstić information content (AvgIpc) is 2.09. The first-order valence-corrected chi connectivity index (χ1v) is 4.66. The van der Waals surface area contributed by atoms with E-state index >= 15 is 0 Å². The number of hydrogen-bond donors (Lipinski definition) is 1. The molecule has 2 N–H and O–H groups in total. The van der Waals surface area contributed by atoms with Crippen LogP contribution in [-0.2, 0) is 0 Å². The molecule has 0 amide bonds. The molecule has 0 saturated heterocycles. The van der Waals surface area contributed by atoms with Crippen molar-refractivity contribution in [3.8, 4) is 0 Å². The van der Waals surface area contributed by atoms with Crippen LogP contribution in [0.2, 0.25) is 0 Å². The molecule has 1 aromatic carbocycles. The summed E-state index contributed by atoms with van der Waals surface area (Å²) in [6, 6.07) is 4.76. The van der Waals surface area contributed by atoms with E-state index in [4.69, 9.17) is 5.73 Å². The van der Waals surface area contributed by atoms with Crippen LogP contribution in [0.3, 0.4) is 0 Å². The molecule has 0 unspecified atom stereocenters. The van der Waals surface area contributed by atoms with Gasteiger partial charge in [0.2, 0.25) is 0 Å². The second-order valence-electron chi connectivity index (χ2n) is 3.40. The summed E-state index contributed by atoms with van der Waals surface area (Å²) < 4.78 is 12.9. The molecule has 0 aliphatic rings. The highest BCUT2D eigenvalue weighted by Gasteiger charge is 2.08. The largest absolute Gasteiger partial charge is 0.324 e. The van der Waals surface area contributed by atoms with Gasteiger partial charge >= 0.3 is 0 Å². The second kappa shape index (κ2) is 4.38. The molecule has 1 rings (SSSR count). The third-order valence-electron chi connectivity index (χ3n) is 2.24. The molecule has 0 saturated carbocycles. The van der Waals surface area contributed by atoms with Crippen LogP contribution in [0.25, 0.3) is 0 Å². The second-order valence-corrected chi connectivity index (χ2v) is 3.40. The van der Waals surface area contributed by atoms with Gasteiger partial charge < -0.3 is 5.73 Å². The lowest BCUT2D eigenvalue weighted by atomic mass is 9.98. The normalized spacial score (nSPS) is 12.9. The minimum absolute atomic E-state index is 0.0271. The smallest absolute Gasteiger partial charge is 0.123 e. The van der Waals surface area contributed by atoms with Crippen LogP contribution < -0.4 is 5.73 Å². The van der Waals surface area contributed by atoms with E-state index in [1.165, 1.54) is 12.1 Å². The van der Waals surface area contributed by atoms with Gasteiger partial charge in [-0.25, -0.2) is 4.39 Å². The van der Waals surface area contributed by atoms with Crippen LogP contribution in [0.15, 0.2) is 18.2 Å². The molecule has 0 aromatic heterocycles. The molecule has 0 spiro atoms. The average molecular weight is 181 g/mol. The van der Waals surface area contributed by atoms with E-state index in [0.717, 1.165) is 24.0 Å². The predicted molar refractivity (Wildman–Crippen MR) is 53.0 cm³/mol. The Kier molecular flexibility index (Phi) is 3.43. The number of halogens is 1. The number of rotatable bonds is 3. The Morgan fingerprint density at radius 3 is 2.77 bits per heavy atom. The van der Waals surface area contributed by atoms with Crippen LogP contribution in [0.1, 0.15) is 36.9 Å².